The fourth-order valence-electron chi connectivity index (χ4n) is 3.06. The molecular weight excluding hydrogens is 232 g/mol. The van der Waals surface area contributed by atoms with Crippen molar-refractivity contribution in [1.29, 1.82) is 0 Å². The Balaban J connectivity index is 1.77. The van der Waals surface area contributed by atoms with Gasteiger partial charge in [-0.2, -0.15) is 0 Å². The summed E-state index contributed by atoms with van der Waals surface area (Å²) >= 11 is 0. The molecule has 2 nitrogen and oxygen atoms in total. The average molecular weight is 268 g/mol. The molecule has 0 aromatic carbocycles. The Kier molecular flexibility index (Phi) is 10.5. The van der Waals surface area contributed by atoms with Gasteiger partial charge in [-0.3, -0.25) is 0 Å². The molecule has 0 amide bonds. The molecule has 1 unspecified atom stereocenters. The summed E-state index contributed by atoms with van der Waals surface area (Å²) in [4.78, 5) is 2.57. The van der Waals surface area contributed by atoms with Crippen molar-refractivity contribution in [3.05, 3.63) is 0 Å². The normalized spacial score (nSPS) is 20.2. The molecule has 0 aliphatic carbocycles. The number of hydrogen-bond acceptors (Lipinski definition) is 2. The SMILES string of the molecule is CCCCCCCCCCNCC1CCN(CC)C1. The molecule has 0 aromatic heterocycles. The molecule has 0 saturated carbocycles. The van der Waals surface area contributed by atoms with E-state index in [2.05, 4.69) is 24.1 Å². The van der Waals surface area contributed by atoms with Gasteiger partial charge < -0.3 is 10.2 Å². The lowest BCUT2D eigenvalue weighted by Crippen LogP contribution is -2.27. The highest BCUT2D eigenvalue weighted by Gasteiger charge is 2.20. The number of rotatable bonds is 12. The second kappa shape index (κ2) is 11.7. The van der Waals surface area contributed by atoms with Gasteiger partial charge >= 0.3 is 0 Å². The van der Waals surface area contributed by atoms with Crippen LogP contribution in [0.25, 0.3) is 0 Å². The zero-order valence-corrected chi connectivity index (χ0v) is 13.4. The minimum Gasteiger partial charge on any atom is -0.316 e. The molecule has 1 atom stereocenters. The lowest BCUT2D eigenvalue weighted by atomic mass is 10.1. The van der Waals surface area contributed by atoms with Crippen molar-refractivity contribution in [3.63, 3.8) is 0 Å². The van der Waals surface area contributed by atoms with Crippen LogP contribution in [0.1, 0.15) is 71.6 Å². The fraction of sp³-hybridized carbons (Fsp3) is 1.00. The van der Waals surface area contributed by atoms with Crippen LogP contribution in [0.4, 0.5) is 0 Å². The van der Waals surface area contributed by atoms with Crippen molar-refractivity contribution < 1.29 is 0 Å². The third-order valence-corrected chi connectivity index (χ3v) is 4.46. The van der Waals surface area contributed by atoms with E-state index in [0.717, 1.165) is 5.92 Å². The Morgan fingerprint density at radius 3 is 2.26 bits per heavy atom. The predicted octanol–water partition coefficient (Wildman–Crippen LogP) is 4.06. The molecule has 1 saturated heterocycles. The van der Waals surface area contributed by atoms with Gasteiger partial charge in [0.25, 0.3) is 0 Å². The summed E-state index contributed by atoms with van der Waals surface area (Å²) in [6.45, 7) is 10.9. The minimum atomic E-state index is 0.911. The molecular formula is C17H36N2. The monoisotopic (exact) mass is 268 g/mol. The summed E-state index contributed by atoms with van der Waals surface area (Å²) < 4.78 is 0. The number of nitrogens with zero attached hydrogens (tertiary/aromatic N) is 1. The summed E-state index contributed by atoms with van der Waals surface area (Å²) in [5.41, 5.74) is 0. The number of likely N-dealkylation sites (tertiary alicyclic amines) is 1. The quantitative estimate of drug-likeness (QED) is 0.537. The van der Waals surface area contributed by atoms with E-state index in [4.69, 9.17) is 0 Å². The van der Waals surface area contributed by atoms with Gasteiger partial charge in [-0.25, -0.2) is 0 Å². The second-order valence-electron chi connectivity index (χ2n) is 6.23. The van der Waals surface area contributed by atoms with Crippen molar-refractivity contribution in [2.75, 3.05) is 32.7 Å². The maximum absolute atomic E-state index is 3.66. The molecule has 1 aliphatic rings. The molecule has 1 rings (SSSR count). The van der Waals surface area contributed by atoms with E-state index in [0.29, 0.717) is 0 Å². The summed E-state index contributed by atoms with van der Waals surface area (Å²) in [7, 11) is 0. The minimum absolute atomic E-state index is 0.911. The third-order valence-electron chi connectivity index (χ3n) is 4.46. The lowest BCUT2D eigenvalue weighted by molar-refractivity contribution is 0.338. The van der Waals surface area contributed by atoms with Crippen LogP contribution < -0.4 is 5.32 Å². The van der Waals surface area contributed by atoms with E-state index in [9.17, 15) is 0 Å². The molecule has 19 heavy (non-hydrogen) atoms. The summed E-state index contributed by atoms with van der Waals surface area (Å²) in [5, 5.41) is 3.66. The third kappa shape index (κ3) is 8.65. The van der Waals surface area contributed by atoms with E-state index < -0.39 is 0 Å². The van der Waals surface area contributed by atoms with Crippen LogP contribution in [0, 0.1) is 5.92 Å². The second-order valence-corrected chi connectivity index (χ2v) is 6.23. The van der Waals surface area contributed by atoms with Crippen molar-refractivity contribution in [3.8, 4) is 0 Å². The smallest absolute Gasteiger partial charge is 0.00222 e. The number of hydrogen-bond donors (Lipinski definition) is 1. The maximum atomic E-state index is 3.66. The Morgan fingerprint density at radius 2 is 1.63 bits per heavy atom. The fourth-order valence-corrected chi connectivity index (χ4v) is 3.06. The van der Waals surface area contributed by atoms with Gasteiger partial charge in [-0.1, -0.05) is 58.8 Å². The Morgan fingerprint density at radius 1 is 0.947 bits per heavy atom. The van der Waals surface area contributed by atoms with Gasteiger partial charge in [0.15, 0.2) is 0 Å². The molecule has 0 aromatic rings. The molecule has 1 fully saturated rings. The first-order valence-electron chi connectivity index (χ1n) is 8.79. The van der Waals surface area contributed by atoms with Crippen LogP contribution in [0.2, 0.25) is 0 Å². The lowest BCUT2D eigenvalue weighted by Gasteiger charge is -2.13. The zero-order chi connectivity index (χ0) is 13.8. The van der Waals surface area contributed by atoms with E-state index >= 15 is 0 Å². The summed E-state index contributed by atoms with van der Waals surface area (Å²) in [6, 6.07) is 0. The highest BCUT2D eigenvalue weighted by molar-refractivity contribution is 4.76. The summed E-state index contributed by atoms with van der Waals surface area (Å²) in [6.07, 6.45) is 12.8. The van der Waals surface area contributed by atoms with Crippen LogP contribution in [0.3, 0.4) is 0 Å². The molecule has 0 spiro atoms. The molecule has 1 aliphatic heterocycles. The van der Waals surface area contributed by atoms with E-state index in [1.54, 1.807) is 0 Å². The molecule has 114 valence electrons. The number of nitrogens with one attached hydrogen (secondary N) is 1. The topological polar surface area (TPSA) is 15.3 Å². The van der Waals surface area contributed by atoms with Crippen LogP contribution in [-0.4, -0.2) is 37.6 Å². The van der Waals surface area contributed by atoms with Gasteiger partial charge in [0.1, 0.15) is 0 Å². The molecule has 0 radical (unpaired) electrons. The van der Waals surface area contributed by atoms with Crippen LogP contribution >= 0.6 is 0 Å². The molecule has 2 heteroatoms. The van der Waals surface area contributed by atoms with Crippen LogP contribution in [0.5, 0.6) is 0 Å². The van der Waals surface area contributed by atoms with Gasteiger partial charge in [-0.05, 0) is 44.9 Å². The van der Waals surface area contributed by atoms with Gasteiger partial charge in [0, 0.05) is 6.54 Å². The first kappa shape index (κ1) is 17.0. The molecule has 1 N–H and O–H groups in total. The van der Waals surface area contributed by atoms with Crippen molar-refractivity contribution in [2.45, 2.75) is 71.6 Å². The highest BCUT2D eigenvalue weighted by Crippen LogP contribution is 2.14. The van der Waals surface area contributed by atoms with Crippen LogP contribution in [-0.2, 0) is 0 Å². The Labute approximate surface area is 121 Å². The average Bonchev–Trinajstić information content (AvgIpc) is 2.89. The molecule has 0 bridgehead atoms. The Bertz CT molecular complexity index is 194. The zero-order valence-electron chi connectivity index (χ0n) is 13.4. The van der Waals surface area contributed by atoms with Crippen LogP contribution in [0.15, 0.2) is 0 Å². The van der Waals surface area contributed by atoms with Gasteiger partial charge in [0.05, 0.1) is 0 Å². The Hall–Kier alpha value is -0.0800. The van der Waals surface area contributed by atoms with Gasteiger partial charge in [-0.15, -0.1) is 0 Å². The first-order valence-corrected chi connectivity index (χ1v) is 8.79. The van der Waals surface area contributed by atoms with Crippen molar-refractivity contribution >= 4 is 0 Å². The van der Waals surface area contributed by atoms with Crippen molar-refractivity contribution in [1.82, 2.24) is 10.2 Å². The predicted molar refractivity (Wildman–Crippen MR) is 85.7 cm³/mol. The van der Waals surface area contributed by atoms with Crippen molar-refractivity contribution in [2.24, 2.45) is 5.92 Å². The molecule has 1 heterocycles. The van der Waals surface area contributed by atoms with Gasteiger partial charge in [0.2, 0.25) is 0 Å². The highest BCUT2D eigenvalue weighted by atomic mass is 15.1. The first-order chi connectivity index (χ1) is 9.36. The number of unbranched alkanes of at least 4 members (excludes halogenated alkanes) is 7. The maximum Gasteiger partial charge on any atom is 0.00222 e. The largest absolute Gasteiger partial charge is 0.316 e. The van der Waals surface area contributed by atoms with E-state index in [-0.39, 0.29) is 0 Å². The summed E-state index contributed by atoms with van der Waals surface area (Å²) in [5.74, 6) is 0.911. The van der Waals surface area contributed by atoms with E-state index in [1.807, 2.05) is 0 Å². The standard InChI is InChI=1S/C17H36N2/c1-3-5-6-7-8-9-10-11-13-18-15-17-12-14-19(4-2)16-17/h17-18H,3-16H2,1-2H3. The van der Waals surface area contributed by atoms with E-state index in [1.165, 1.54) is 90.5 Å².